The van der Waals surface area contributed by atoms with Crippen LogP contribution in [0.3, 0.4) is 0 Å². The number of carboxylic acids is 1. The van der Waals surface area contributed by atoms with E-state index in [1.807, 2.05) is 20.8 Å². The van der Waals surface area contributed by atoms with Gasteiger partial charge in [0, 0.05) is 0 Å². The molecular formula is C20H40O4. The summed E-state index contributed by atoms with van der Waals surface area (Å²) in [5.41, 5.74) is -1.70. The molecule has 0 bridgehead atoms. The molecule has 4 nitrogen and oxygen atoms in total. The SMILES string of the molecule is CCC(C)(C)OCCC(C)(C)OC(C)(CC)CC(C)(CC)C(=O)O. The maximum absolute atomic E-state index is 11.7. The molecule has 0 amide bonds. The number of rotatable bonds is 12. The Labute approximate surface area is 149 Å². The summed E-state index contributed by atoms with van der Waals surface area (Å²) < 4.78 is 12.4. The second kappa shape index (κ2) is 8.66. The van der Waals surface area contributed by atoms with E-state index in [0.29, 0.717) is 19.4 Å². The van der Waals surface area contributed by atoms with Crippen LogP contribution in [0, 0.1) is 5.41 Å². The van der Waals surface area contributed by atoms with Crippen LogP contribution >= 0.6 is 0 Å². The van der Waals surface area contributed by atoms with Gasteiger partial charge in [-0.1, -0.05) is 20.8 Å². The molecule has 0 aromatic heterocycles. The summed E-state index contributed by atoms with van der Waals surface area (Å²) >= 11 is 0. The molecule has 4 heteroatoms. The fourth-order valence-electron chi connectivity index (χ4n) is 2.80. The highest BCUT2D eigenvalue weighted by Crippen LogP contribution is 2.38. The van der Waals surface area contributed by atoms with Gasteiger partial charge in [0.25, 0.3) is 0 Å². The Hall–Kier alpha value is -0.610. The molecule has 0 fully saturated rings. The van der Waals surface area contributed by atoms with Crippen molar-refractivity contribution in [3.05, 3.63) is 0 Å². The van der Waals surface area contributed by atoms with E-state index in [1.165, 1.54) is 0 Å². The standard InChI is InChI=1S/C20H40O4/c1-10-17(4,5)23-14-13-18(6,7)24-20(9,12-3)15-19(8,11-2)16(21)22/h10-15H2,1-9H3,(H,21,22). The molecule has 0 aromatic rings. The Kier molecular flexibility index (Phi) is 8.44. The Bertz CT molecular complexity index is 402. The fourth-order valence-corrected chi connectivity index (χ4v) is 2.80. The van der Waals surface area contributed by atoms with Crippen molar-refractivity contribution in [3.63, 3.8) is 0 Å². The van der Waals surface area contributed by atoms with Crippen LogP contribution in [0.2, 0.25) is 0 Å². The number of carbonyl (C=O) groups is 1. The lowest BCUT2D eigenvalue weighted by Gasteiger charge is -2.42. The van der Waals surface area contributed by atoms with Crippen molar-refractivity contribution in [2.45, 2.75) is 111 Å². The molecule has 2 atom stereocenters. The second-order valence-electron chi connectivity index (χ2n) is 8.77. The zero-order valence-corrected chi connectivity index (χ0v) is 17.4. The van der Waals surface area contributed by atoms with E-state index in [4.69, 9.17) is 9.47 Å². The lowest BCUT2D eigenvalue weighted by molar-refractivity contribution is -0.175. The Morgan fingerprint density at radius 2 is 1.42 bits per heavy atom. The van der Waals surface area contributed by atoms with Crippen LogP contribution in [-0.2, 0) is 14.3 Å². The third kappa shape index (κ3) is 7.52. The summed E-state index contributed by atoms with van der Waals surface area (Å²) in [6.07, 6.45) is 3.62. The summed E-state index contributed by atoms with van der Waals surface area (Å²) in [5, 5.41) is 9.57. The molecule has 0 saturated heterocycles. The first-order valence-corrected chi connectivity index (χ1v) is 9.32. The molecule has 1 N–H and O–H groups in total. The summed E-state index contributed by atoms with van der Waals surface area (Å²) in [6, 6.07) is 0. The van der Waals surface area contributed by atoms with Crippen LogP contribution in [0.25, 0.3) is 0 Å². The van der Waals surface area contributed by atoms with Gasteiger partial charge in [0.1, 0.15) is 0 Å². The van der Waals surface area contributed by atoms with E-state index >= 15 is 0 Å². The smallest absolute Gasteiger partial charge is 0.309 e. The normalized spacial score (nSPS) is 18.0. The quantitative estimate of drug-likeness (QED) is 0.512. The number of hydrogen-bond acceptors (Lipinski definition) is 3. The molecule has 24 heavy (non-hydrogen) atoms. The van der Waals surface area contributed by atoms with Crippen molar-refractivity contribution in [2.75, 3.05) is 6.61 Å². The molecule has 0 heterocycles. The Morgan fingerprint density at radius 1 is 0.875 bits per heavy atom. The summed E-state index contributed by atoms with van der Waals surface area (Å²) in [6.45, 7) is 18.9. The van der Waals surface area contributed by atoms with Crippen LogP contribution in [-0.4, -0.2) is 34.5 Å². The van der Waals surface area contributed by atoms with E-state index < -0.39 is 17.0 Å². The van der Waals surface area contributed by atoms with Gasteiger partial charge in [-0.15, -0.1) is 0 Å². The zero-order chi connectivity index (χ0) is 19.2. The highest BCUT2D eigenvalue weighted by atomic mass is 16.5. The van der Waals surface area contributed by atoms with Crippen LogP contribution < -0.4 is 0 Å². The van der Waals surface area contributed by atoms with Crippen LogP contribution in [0.4, 0.5) is 0 Å². The lowest BCUT2D eigenvalue weighted by Crippen LogP contribution is -2.45. The van der Waals surface area contributed by atoms with Gasteiger partial charge < -0.3 is 14.6 Å². The van der Waals surface area contributed by atoms with Gasteiger partial charge in [-0.2, -0.15) is 0 Å². The van der Waals surface area contributed by atoms with Gasteiger partial charge in [0.05, 0.1) is 28.8 Å². The van der Waals surface area contributed by atoms with Gasteiger partial charge in [0.15, 0.2) is 0 Å². The number of ether oxygens (including phenoxy) is 2. The molecule has 144 valence electrons. The maximum atomic E-state index is 11.7. The molecule has 0 aliphatic heterocycles. The van der Waals surface area contributed by atoms with Crippen LogP contribution in [0.5, 0.6) is 0 Å². The molecule has 0 spiro atoms. The Balaban J connectivity index is 4.91. The third-order valence-electron chi connectivity index (χ3n) is 5.38. The van der Waals surface area contributed by atoms with E-state index in [0.717, 1.165) is 19.3 Å². The number of aliphatic carboxylic acids is 1. The predicted octanol–water partition coefficient (Wildman–Crippen LogP) is 5.44. The van der Waals surface area contributed by atoms with Crippen molar-refractivity contribution in [1.82, 2.24) is 0 Å². The van der Waals surface area contributed by atoms with E-state index in [9.17, 15) is 9.90 Å². The first-order chi connectivity index (χ1) is 10.7. The van der Waals surface area contributed by atoms with Crippen LogP contribution in [0.15, 0.2) is 0 Å². The first-order valence-electron chi connectivity index (χ1n) is 9.32. The highest BCUT2D eigenvalue weighted by Gasteiger charge is 2.42. The van der Waals surface area contributed by atoms with E-state index in [2.05, 4.69) is 41.5 Å². The Morgan fingerprint density at radius 3 is 1.79 bits per heavy atom. The minimum absolute atomic E-state index is 0.117. The number of hydrogen-bond donors (Lipinski definition) is 1. The second-order valence-corrected chi connectivity index (χ2v) is 8.77. The van der Waals surface area contributed by atoms with Gasteiger partial charge in [-0.05, 0) is 73.6 Å². The maximum Gasteiger partial charge on any atom is 0.309 e. The molecular weight excluding hydrogens is 304 g/mol. The first kappa shape index (κ1) is 23.4. The average molecular weight is 345 g/mol. The van der Waals surface area contributed by atoms with E-state index in [-0.39, 0.29) is 11.2 Å². The van der Waals surface area contributed by atoms with Gasteiger partial charge in [0.2, 0.25) is 0 Å². The molecule has 2 unspecified atom stereocenters. The largest absolute Gasteiger partial charge is 0.481 e. The van der Waals surface area contributed by atoms with Crippen molar-refractivity contribution in [3.8, 4) is 0 Å². The zero-order valence-electron chi connectivity index (χ0n) is 17.4. The topological polar surface area (TPSA) is 55.8 Å². The highest BCUT2D eigenvalue weighted by molar-refractivity contribution is 5.74. The summed E-state index contributed by atoms with van der Waals surface area (Å²) in [7, 11) is 0. The molecule has 0 radical (unpaired) electrons. The minimum atomic E-state index is -0.762. The summed E-state index contributed by atoms with van der Waals surface area (Å²) in [5.74, 6) is -0.751. The molecule has 0 rings (SSSR count). The number of carboxylic acid groups (broad SMARTS) is 1. The lowest BCUT2D eigenvalue weighted by atomic mass is 9.76. The minimum Gasteiger partial charge on any atom is -0.481 e. The molecule has 0 aliphatic carbocycles. The van der Waals surface area contributed by atoms with E-state index in [1.54, 1.807) is 0 Å². The average Bonchev–Trinajstić information content (AvgIpc) is 2.45. The fraction of sp³-hybridized carbons (Fsp3) is 0.950. The molecule has 0 saturated carbocycles. The van der Waals surface area contributed by atoms with Crippen molar-refractivity contribution < 1.29 is 19.4 Å². The monoisotopic (exact) mass is 344 g/mol. The van der Waals surface area contributed by atoms with Crippen LogP contribution in [0.1, 0.15) is 94.4 Å². The van der Waals surface area contributed by atoms with Crippen molar-refractivity contribution in [1.29, 1.82) is 0 Å². The van der Waals surface area contributed by atoms with Crippen molar-refractivity contribution in [2.24, 2.45) is 5.41 Å². The van der Waals surface area contributed by atoms with Gasteiger partial charge >= 0.3 is 5.97 Å². The third-order valence-corrected chi connectivity index (χ3v) is 5.38. The molecule has 0 aromatic carbocycles. The molecule has 0 aliphatic rings. The summed E-state index contributed by atoms with van der Waals surface area (Å²) in [4.78, 5) is 11.7. The van der Waals surface area contributed by atoms with Gasteiger partial charge in [-0.3, -0.25) is 4.79 Å². The predicted molar refractivity (Wildman–Crippen MR) is 99.4 cm³/mol. The van der Waals surface area contributed by atoms with Crippen molar-refractivity contribution >= 4 is 5.97 Å². The van der Waals surface area contributed by atoms with Gasteiger partial charge in [-0.25, -0.2) is 0 Å².